The third-order valence-electron chi connectivity index (χ3n) is 3.88. The third kappa shape index (κ3) is 7.01. The van der Waals surface area contributed by atoms with E-state index in [2.05, 4.69) is 10.0 Å². The molecule has 0 heterocycles. The summed E-state index contributed by atoms with van der Waals surface area (Å²) in [5.41, 5.74) is 7.06. The number of carbonyl (C=O) groups excluding carboxylic acids is 2. The Balaban J connectivity index is 2.09. The van der Waals surface area contributed by atoms with Gasteiger partial charge in [0.05, 0.1) is 25.8 Å². The number of ether oxygens (including phenoxy) is 1. The van der Waals surface area contributed by atoms with Crippen molar-refractivity contribution in [2.24, 2.45) is 5.73 Å². The van der Waals surface area contributed by atoms with Crippen LogP contribution in [0.2, 0.25) is 0 Å². The summed E-state index contributed by atoms with van der Waals surface area (Å²) in [7, 11) is -2.00. The van der Waals surface area contributed by atoms with Crippen LogP contribution in [0.3, 0.4) is 0 Å². The van der Waals surface area contributed by atoms with Gasteiger partial charge < -0.3 is 15.8 Å². The number of nitrogens with two attached hydrogens (primary N) is 1. The van der Waals surface area contributed by atoms with E-state index in [0.717, 1.165) is 11.8 Å². The van der Waals surface area contributed by atoms with Crippen molar-refractivity contribution in [1.82, 2.24) is 4.72 Å². The molecule has 0 fully saturated rings. The monoisotopic (exact) mass is 405 g/mol. The van der Waals surface area contributed by atoms with Crippen molar-refractivity contribution in [1.29, 1.82) is 0 Å². The summed E-state index contributed by atoms with van der Waals surface area (Å²) < 4.78 is 31.0. The number of benzene rings is 2. The number of primary amides is 1. The minimum absolute atomic E-state index is 0.0948. The van der Waals surface area contributed by atoms with Gasteiger partial charge in [0, 0.05) is 12.1 Å². The Morgan fingerprint density at radius 2 is 1.68 bits per heavy atom. The number of hydrogen-bond donors (Lipinski definition) is 3. The van der Waals surface area contributed by atoms with Gasteiger partial charge >= 0.3 is 0 Å². The number of hydrogen-bond acceptors (Lipinski definition) is 5. The van der Waals surface area contributed by atoms with Crippen molar-refractivity contribution in [2.45, 2.75) is 18.9 Å². The molecule has 28 heavy (non-hydrogen) atoms. The topological polar surface area (TPSA) is 128 Å². The molecule has 2 aromatic carbocycles. The minimum atomic E-state index is -3.53. The van der Waals surface area contributed by atoms with Crippen LogP contribution in [0.1, 0.15) is 23.6 Å². The van der Waals surface area contributed by atoms with Gasteiger partial charge in [-0.05, 0) is 35.4 Å². The number of methoxy groups -OCH3 is 1. The summed E-state index contributed by atoms with van der Waals surface area (Å²) in [5, 5.41) is 2.72. The molecule has 2 amide bonds. The zero-order chi connectivity index (χ0) is 20.7. The molecule has 9 heteroatoms. The van der Waals surface area contributed by atoms with Crippen LogP contribution >= 0.6 is 0 Å². The van der Waals surface area contributed by atoms with E-state index in [4.69, 9.17) is 10.5 Å². The maximum absolute atomic E-state index is 12.4. The molecule has 0 unspecified atom stereocenters. The first kappa shape index (κ1) is 21.4. The van der Waals surface area contributed by atoms with E-state index in [1.807, 2.05) is 0 Å². The lowest BCUT2D eigenvalue weighted by molar-refractivity contribution is -0.118. The Kier molecular flexibility index (Phi) is 7.13. The minimum Gasteiger partial charge on any atom is -0.497 e. The summed E-state index contributed by atoms with van der Waals surface area (Å²) in [6, 6.07) is 12.8. The Bertz CT molecular complexity index is 925. The van der Waals surface area contributed by atoms with Gasteiger partial charge in [0.25, 0.3) is 0 Å². The second-order valence-corrected chi connectivity index (χ2v) is 8.09. The zero-order valence-corrected chi connectivity index (χ0v) is 16.5. The Morgan fingerprint density at radius 1 is 1.07 bits per heavy atom. The number of sulfonamides is 1. The van der Waals surface area contributed by atoms with Gasteiger partial charge in [-0.25, -0.2) is 13.1 Å². The van der Waals surface area contributed by atoms with E-state index in [0.29, 0.717) is 17.0 Å². The Hall–Kier alpha value is -2.91. The van der Waals surface area contributed by atoms with Gasteiger partial charge in [0.2, 0.25) is 21.8 Å². The van der Waals surface area contributed by atoms with Crippen LogP contribution < -0.4 is 20.5 Å². The zero-order valence-electron chi connectivity index (χ0n) is 15.6. The van der Waals surface area contributed by atoms with Crippen LogP contribution in [0, 0.1) is 0 Å². The van der Waals surface area contributed by atoms with Crippen LogP contribution in [0.25, 0.3) is 0 Å². The van der Waals surface area contributed by atoms with Crippen molar-refractivity contribution < 1.29 is 22.7 Å². The molecule has 0 radical (unpaired) electrons. The van der Waals surface area contributed by atoms with Crippen LogP contribution in [0.5, 0.6) is 5.75 Å². The number of nitrogens with one attached hydrogen (secondary N) is 2. The fourth-order valence-electron chi connectivity index (χ4n) is 2.63. The molecular formula is C19H23N3O5S. The van der Waals surface area contributed by atoms with Crippen molar-refractivity contribution in [3.8, 4) is 5.75 Å². The van der Waals surface area contributed by atoms with E-state index in [9.17, 15) is 18.0 Å². The molecular weight excluding hydrogens is 382 g/mol. The average Bonchev–Trinajstić information content (AvgIpc) is 2.61. The Morgan fingerprint density at radius 3 is 2.18 bits per heavy atom. The lowest BCUT2D eigenvalue weighted by Gasteiger charge is -2.18. The molecule has 0 saturated heterocycles. The van der Waals surface area contributed by atoms with E-state index >= 15 is 0 Å². The summed E-state index contributed by atoms with van der Waals surface area (Å²) >= 11 is 0. The van der Waals surface area contributed by atoms with Crippen LogP contribution in [-0.2, 0) is 26.0 Å². The quantitative estimate of drug-likeness (QED) is 0.580. The Labute approximate surface area is 164 Å². The highest BCUT2D eigenvalue weighted by atomic mass is 32.2. The summed E-state index contributed by atoms with van der Waals surface area (Å²) in [5.74, 6) is -0.173. The lowest BCUT2D eigenvalue weighted by atomic mass is 10.0. The van der Waals surface area contributed by atoms with Crippen molar-refractivity contribution in [2.75, 3.05) is 18.7 Å². The molecule has 2 rings (SSSR count). The molecule has 8 nitrogen and oxygen atoms in total. The average molecular weight is 405 g/mol. The number of rotatable bonds is 9. The second kappa shape index (κ2) is 9.34. The maximum atomic E-state index is 12.4. The molecule has 0 aliphatic heterocycles. The second-order valence-electron chi connectivity index (χ2n) is 6.31. The molecule has 0 aliphatic rings. The fourth-order valence-corrected chi connectivity index (χ4v) is 3.36. The molecule has 0 spiro atoms. The number of amides is 2. The normalized spacial score (nSPS) is 12.2. The molecule has 2 aromatic rings. The van der Waals surface area contributed by atoms with Gasteiger partial charge in [0.1, 0.15) is 5.75 Å². The number of anilines is 1. The van der Waals surface area contributed by atoms with Gasteiger partial charge in [-0.1, -0.05) is 24.3 Å². The van der Waals surface area contributed by atoms with E-state index in [1.165, 1.54) is 7.11 Å². The standard InChI is InChI=1S/C19H23N3O5S/c1-27-16-9-5-14(6-10-16)17(22-28(2,25)26)12-19(24)21-15-7-3-13(4-8-15)11-18(20)23/h3-10,17,22H,11-12H2,1-2H3,(H2,20,23)(H,21,24)/t17-/m1/s1. The molecule has 1 atom stereocenters. The predicted octanol–water partition coefficient (Wildman–Crippen LogP) is 1.34. The van der Waals surface area contributed by atoms with Gasteiger partial charge in [-0.15, -0.1) is 0 Å². The fraction of sp³-hybridized carbons (Fsp3) is 0.263. The summed E-state index contributed by atoms with van der Waals surface area (Å²) in [6.45, 7) is 0. The first-order chi connectivity index (χ1) is 13.2. The molecule has 0 aliphatic carbocycles. The lowest BCUT2D eigenvalue weighted by Crippen LogP contribution is -2.30. The third-order valence-corrected chi connectivity index (χ3v) is 4.59. The molecule has 4 N–H and O–H groups in total. The molecule has 0 saturated carbocycles. The van der Waals surface area contributed by atoms with Crippen LogP contribution in [0.4, 0.5) is 5.69 Å². The smallest absolute Gasteiger partial charge is 0.226 e. The van der Waals surface area contributed by atoms with E-state index in [1.54, 1.807) is 48.5 Å². The van der Waals surface area contributed by atoms with Crippen LogP contribution in [0.15, 0.2) is 48.5 Å². The van der Waals surface area contributed by atoms with Gasteiger partial charge in [0.15, 0.2) is 0 Å². The molecule has 150 valence electrons. The highest BCUT2D eigenvalue weighted by molar-refractivity contribution is 7.88. The highest BCUT2D eigenvalue weighted by Gasteiger charge is 2.20. The van der Waals surface area contributed by atoms with E-state index < -0.39 is 22.0 Å². The molecule has 0 bridgehead atoms. The SMILES string of the molecule is COc1ccc([C@@H](CC(=O)Nc2ccc(CC(N)=O)cc2)NS(C)(=O)=O)cc1. The summed E-state index contributed by atoms with van der Waals surface area (Å²) in [4.78, 5) is 23.4. The first-order valence-electron chi connectivity index (χ1n) is 8.44. The van der Waals surface area contributed by atoms with Crippen molar-refractivity contribution in [3.63, 3.8) is 0 Å². The maximum Gasteiger partial charge on any atom is 0.226 e. The highest BCUT2D eigenvalue weighted by Crippen LogP contribution is 2.22. The largest absolute Gasteiger partial charge is 0.497 e. The van der Waals surface area contributed by atoms with Crippen molar-refractivity contribution in [3.05, 3.63) is 59.7 Å². The van der Waals surface area contributed by atoms with E-state index in [-0.39, 0.29) is 18.7 Å². The molecule has 0 aromatic heterocycles. The van der Waals surface area contributed by atoms with Crippen LogP contribution in [-0.4, -0.2) is 33.6 Å². The van der Waals surface area contributed by atoms with Crippen molar-refractivity contribution >= 4 is 27.5 Å². The summed E-state index contributed by atoms with van der Waals surface area (Å²) in [6.07, 6.45) is 1.06. The first-order valence-corrected chi connectivity index (χ1v) is 10.3. The number of carbonyl (C=O) groups is 2. The predicted molar refractivity (Wildman–Crippen MR) is 106 cm³/mol. The van der Waals surface area contributed by atoms with Gasteiger partial charge in [-0.2, -0.15) is 0 Å². The van der Waals surface area contributed by atoms with Gasteiger partial charge in [-0.3, -0.25) is 9.59 Å².